The second kappa shape index (κ2) is 8.86. The van der Waals surface area contributed by atoms with E-state index in [0.29, 0.717) is 32.2 Å². The molecule has 0 bridgehead atoms. The molecule has 0 amide bonds. The highest BCUT2D eigenvalue weighted by atomic mass is 35.5. The molecule has 128 valence electrons. The van der Waals surface area contributed by atoms with Crippen LogP contribution < -0.4 is 5.32 Å². The Labute approximate surface area is 137 Å². The second-order valence-electron chi connectivity index (χ2n) is 4.69. The van der Waals surface area contributed by atoms with Crippen LogP contribution in [0.4, 0.5) is 22.0 Å². The summed E-state index contributed by atoms with van der Waals surface area (Å²) in [7, 11) is 0. The molecule has 1 aliphatic heterocycles. The average molecular weight is 367 g/mol. The summed E-state index contributed by atoms with van der Waals surface area (Å²) >= 11 is 0. The molecule has 0 spiro atoms. The number of hydrogen-bond acceptors (Lipinski definition) is 2. The predicted octanol–water partition coefficient (Wildman–Crippen LogP) is 3.60. The van der Waals surface area contributed by atoms with Gasteiger partial charge in [0.15, 0.2) is 0 Å². The van der Waals surface area contributed by atoms with E-state index in [-0.39, 0.29) is 30.4 Å². The van der Waals surface area contributed by atoms with Crippen LogP contribution in [-0.2, 0) is 6.18 Å². The third kappa shape index (κ3) is 4.94. The molecular formula is C13H17Cl2F5N2. The van der Waals surface area contributed by atoms with Gasteiger partial charge in [-0.1, -0.05) is 6.07 Å². The van der Waals surface area contributed by atoms with E-state index >= 15 is 0 Å². The average Bonchev–Trinajstić information content (AvgIpc) is 2.41. The Morgan fingerprint density at radius 1 is 1.14 bits per heavy atom. The van der Waals surface area contributed by atoms with E-state index in [0.717, 1.165) is 12.1 Å². The molecule has 0 radical (unpaired) electrons. The minimum Gasteiger partial charge on any atom is -0.314 e. The third-order valence-electron chi connectivity index (χ3n) is 3.42. The summed E-state index contributed by atoms with van der Waals surface area (Å²) in [6.45, 7) is 1.18. The molecule has 1 aliphatic rings. The van der Waals surface area contributed by atoms with Crippen molar-refractivity contribution < 1.29 is 22.0 Å². The normalized spacial score (nSPS) is 17.3. The third-order valence-corrected chi connectivity index (χ3v) is 3.42. The van der Waals surface area contributed by atoms with Crippen molar-refractivity contribution in [2.24, 2.45) is 0 Å². The zero-order valence-electron chi connectivity index (χ0n) is 11.5. The van der Waals surface area contributed by atoms with Gasteiger partial charge >= 0.3 is 6.18 Å². The molecule has 1 N–H and O–H groups in total. The number of rotatable bonds is 3. The molecule has 1 heterocycles. The molecule has 0 aliphatic carbocycles. The van der Waals surface area contributed by atoms with Crippen LogP contribution in [0.25, 0.3) is 0 Å². The van der Waals surface area contributed by atoms with E-state index in [4.69, 9.17) is 0 Å². The van der Waals surface area contributed by atoms with Gasteiger partial charge in [-0.3, -0.25) is 4.90 Å². The van der Waals surface area contributed by atoms with Crippen molar-refractivity contribution in [3.05, 3.63) is 35.1 Å². The van der Waals surface area contributed by atoms with Crippen LogP contribution in [0.3, 0.4) is 0 Å². The van der Waals surface area contributed by atoms with E-state index in [2.05, 4.69) is 5.32 Å². The monoisotopic (exact) mass is 366 g/mol. The highest BCUT2D eigenvalue weighted by Gasteiger charge is 2.37. The van der Waals surface area contributed by atoms with Gasteiger partial charge < -0.3 is 5.32 Å². The van der Waals surface area contributed by atoms with Gasteiger partial charge in [0.2, 0.25) is 0 Å². The van der Waals surface area contributed by atoms with Gasteiger partial charge in [-0.15, -0.1) is 24.8 Å². The second-order valence-corrected chi connectivity index (χ2v) is 4.69. The van der Waals surface area contributed by atoms with Crippen LogP contribution in [0.15, 0.2) is 18.2 Å². The molecule has 0 aromatic heterocycles. The van der Waals surface area contributed by atoms with Crippen molar-refractivity contribution in [1.29, 1.82) is 0 Å². The molecule has 22 heavy (non-hydrogen) atoms. The highest BCUT2D eigenvalue weighted by molar-refractivity contribution is 5.85. The quantitative estimate of drug-likeness (QED) is 0.822. The standard InChI is InChI=1S/C13H15F5N2.2ClH/c14-8-12(20-5-3-19-4-6-20)10-2-1-9(15)7-11(10)13(16,17)18;;/h1-2,7,12,19H,3-6,8H2;2*1H/t12-;;/m0../s1. The van der Waals surface area contributed by atoms with Gasteiger partial charge in [0.25, 0.3) is 0 Å². The molecule has 1 atom stereocenters. The van der Waals surface area contributed by atoms with Gasteiger partial charge in [-0.05, 0) is 17.7 Å². The molecule has 2 rings (SSSR count). The first kappa shape index (κ1) is 21.4. The van der Waals surface area contributed by atoms with E-state index < -0.39 is 30.3 Å². The molecular weight excluding hydrogens is 350 g/mol. The molecule has 0 unspecified atom stereocenters. The Morgan fingerprint density at radius 2 is 1.73 bits per heavy atom. The molecule has 0 saturated carbocycles. The topological polar surface area (TPSA) is 15.3 Å². The molecule has 1 fully saturated rings. The maximum atomic E-state index is 13.3. The van der Waals surface area contributed by atoms with Crippen LogP contribution in [0.2, 0.25) is 0 Å². The molecule has 1 saturated heterocycles. The van der Waals surface area contributed by atoms with Crippen LogP contribution >= 0.6 is 24.8 Å². The number of benzene rings is 1. The zero-order valence-corrected chi connectivity index (χ0v) is 13.1. The number of nitrogens with one attached hydrogen (secondary N) is 1. The zero-order chi connectivity index (χ0) is 14.8. The number of halogens is 7. The van der Waals surface area contributed by atoms with Crippen LogP contribution in [-0.4, -0.2) is 37.8 Å². The summed E-state index contributed by atoms with van der Waals surface area (Å²) in [5, 5.41) is 3.05. The van der Waals surface area contributed by atoms with E-state index in [9.17, 15) is 22.0 Å². The van der Waals surface area contributed by atoms with Crippen LogP contribution in [0, 0.1) is 5.82 Å². The number of hydrogen-bond donors (Lipinski definition) is 1. The van der Waals surface area contributed by atoms with E-state index in [1.54, 1.807) is 4.90 Å². The van der Waals surface area contributed by atoms with Crippen molar-refractivity contribution in [3.63, 3.8) is 0 Å². The Bertz CT molecular complexity index is 464. The fraction of sp³-hybridized carbons (Fsp3) is 0.538. The Hall–Kier alpha value is -0.630. The first-order chi connectivity index (χ1) is 9.43. The van der Waals surface area contributed by atoms with Gasteiger partial charge in [-0.2, -0.15) is 13.2 Å². The number of alkyl halides is 4. The lowest BCUT2D eigenvalue weighted by Gasteiger charge is -2.34. The first-order valence-electron chi connectivity index (χ1n) is 6.31. The van der Waals surface area contributed by atoms with Crippen molar-refractivity contribution in [3.8, 4) is 0 Å². The fourth-order valence-electron chi connectivity index (χ4n) is 2.44. The van der Waals surface area contributed by atoms with Crippen molar-refractivity contribution in [1.82, 2.24) is 10.2 Å². The lowest BCUT2D eigenvalue weighted by Crippen LogP contribution is -2.46. The lowest BCUT2D eigenvalue weighted by atomic mass is 9.98. The minimum absolute atomic E-state index is 0. The van der Waals surface area contributed by atoms with E-state index in [1.165, 1.54) is 0 Å². The van der Waals surface area contributed by atoms with Gasteiger partial charge in [0.1, 0.15) is 12.5 Å². The summed E-state index contributed by atoms with van der Waals surface area (Å²) in [4.78, 5) is 1.65. The summed E-state index contributed by atoms with van der Waals surface area (Å²) in [6.07, 6.45) is -4.70. The summed E-state index contributed by atoms with van der Waals surface area (Å²) < 4.78 is 65.3. The SMILES string of the molecule is Cl.Cl.FC[C@@H](c1ccc(F)cc1C(F)(F)F)N1CCNCC1. The minimum atomic E-state index is -4.70. The van der Waals surface area contributed by atoms with Gasteiger partial charge in [-0.25, -0.2) is 8.78 Å². The van der Waals surface area contributed by atoms with Crippen molar-refractivity contribution in [2.45, 2.75) is 12.2 Å². The number of nitrogens with zero attached hydrogens (tertiary/aromatic N) is 1. The smallest absolute Gasteiger partial charge is 0.314 e. The highest BCUT2D eigenvalue weighted by Crippen LogP contribution is 2.37. The van der Waals surface area contributed by atoms with Crippen molar-refractivity contribution in [2.75, 3.05) is 32.9 Å². The Kier molecular flexibility index (Phi) is 8.61. The molecule has 9 heteroatoms. The van der Waals surface area contributed by atoms with Crippen LogP contribution in [0.1, 0.15) is 17.2 Å². The maximum Gasteiger partial charge on any atom is 0.416 e. The molecule has 1 aromatic rings. The predicted molar refractivity (Wildman–Crippen MR) is 79.1 cm³/mol. The lowest BCUT2D eigenvalue weighted by molar-refractivity contribution is -0.139. The summed E-state index contributed by atoms with van der Waals surface area (Å²) in [6, 6.07) is 1.41. The first-order valence-corrected chi connectivity index (χ1v) is 6.31. The van der Waals surface area contributed by atoms with Crippen LogP contribution in [0.5, 0.6) is 0 Å². The summed E-state index contributed by atoms with van der Waals surface area (Å²) in [5.74, 6) is -0.973. The van der Waals surface area contributed by atoms with E-state index in [1.807, 2.05) is 0 Å². The fourth-order valence-corrected chi connectivity index (χ4v) is 2.44. The van der Waals surface area contributed by atoms with Gasteiger partial charge in [0.05, 0.1) is 11.6 Å². The Balaban J connectivity index is 0.00000220. The maximum absolute atomic E-state index is 13.3. The Morgan fingerprint density at radius 3 is 2.23 bits per heavy atom. The summed E-state index contributed by atoms with van der Waals surface area (Å²) in [5.41, 5.74) is -1.30. The van der Waals surface area contributed by atoms with Gasteiger partial charge in [0, 0.05) is 26.2 Å². The largest absolute Gasteiger partial charge is 0.416 e. The number of piperazine rings is 1. The molecule has 2 nitrogen and oxygen atoms in total. The molecule has 1 aromatic carbocycles. The van der Waals surface area contributed by atoms with Crippen molar-refractivity contribution >= 4 is 24.8 Å².